The Hall–Kier alpha value is -10.0. The fraction of sp³-hybridized carbons (Fsp3) is 0.526. The highest BCUT2D eigenvalue weighted by Crippen LogP contribution is 2.25. The second-order valence-corrected chi connectivity index (χ2v) is 25.3. The molecule has 5 heterocycles. The maximum absolute atomic E-state index is 14.6. The number of carbonyl (C=O) groups excluding carboxylic acids is 14. The van der Waals surface area contributed by atoms with E-state index < -0.39 is 205 Å². The molecule has 6 rings (SSSR count). The van der Waals surface area contributed by atoms with Crippen LogP contribution in [0, 0.1) is 0 Å². The van der Waals surface area contributed by atoms with E-state index in [1.807, 2.05) is 0 Å². The topological polar surface area (TPSA) is 579 Å². The summed E-state index contributed by atoms with van der Waals surface area (Å²) in [5.74, 6) is -17.3. The van der Waals surface area contributed by atoms with Crippen LogP contribution in [0.2, 0.25) is 0 Å². The molecule has 1 aromatic carbocycles. The van der Waals surface area contributed by atoms with E-state index in [2.05, 4.69) is 83.7 Å². The quantitative estimate of drug-likeness (QED) is 0.0308. The SMILES string of the molecule is C[C@@H]1NC(=O)[C@H](C)NC(=O)[C@@H]2CCCN2C(=O)[C@H](Cc2cnc[nH]2)NC(=O)[C@H](CC(N)=O)NC(=O)[C@H](CCC(=O)O)NC(=O)[C@@H]2CSSC[C@H](NC(=O)[C@H](C)NC1=O)C(=O)N[C@@H](CO)C(=O)N[C@@H](Cc1c[nH]c3ccccc13)C(=O)N[C@@H](CCCN=C(N)N)C(=O)NCC(=O)N2. The average Bonchev–Trinajstić information content (AvgIpc) is 1.63. The maximum Gasteiger partial charge on any atom is 0.303 e. The van der Waals surface area contributed by atoms with Gasteiger partial charge in [0.25, 0.3) is 0 Å². The number of carboxylic acid groups (broad SMARTS) is 1. The highest BCUT2D eigenvalue weighted by molar-refractivity contribution is 8.76. The van der Waals surface area contributed by atoms with Crippen LogP contribution in [0.5, 0.6) is 0 Å². The molecule has 0 saturated carbocycles. The number of H-pyrrole nitrogens is 2. The van der Waals surface area contributed by atoms with Crippen LogP contribution < -0.4 is 81.0 Å². The number of nitrogens with one attached hydrogen (secondary N) is 14. The Morgan fingerprint density at radius 3 is 1.79 bits per heavy atom. The van der Waals surface area contributed by atoms with Gasteiger partial charge in [-0.15, -0.1) is 0 Å². The van der Waals surface area contributed by atoms with Gasteiger partial charge in [-0.25, -0.2) is 4.98 Å². The lowest BCUT2D eigenvalue weighted by atomic mass is 10.0. The second kappa shape index (κ2) is 36.0. The number of guanidine groups is 1. The highest BCUT2D eigenvalue weighted by atomic mass is 33.1. The predicted molar refractivity (Wildman–Crippen MR) is 343 cm³/mol. The van der Waals surface area contributed by atoms with E-state index in [1.165, 1.54) is 33.3 Å². The summed E-state index contributed by atoms with van der Waals surface area (Å²) < 4.78 is 0. The van der Waals surface area contributed by atoms with Gasteiger partial charge in [-0.2, -0.15) is 0 Å². The van der Waals surface area contributed by atoms with Crippen LogP contribution in [0.1, 0.15) is 77.0 Å². The summed E-state index contributed by atoms with van der Waals surface area (Å²) in [6, 6.07) is -12.2. The minimum absolute atomic E-state index is 0.0296. The van der Waals surface area contributed by atoms with E-state index in [0.717, 1.165) is 26.5 Å². The number of aromatic amines is 2. The van der Waals surface area contributed by atoms with Gasteiger partial charge in [-0.1, -0.05) is 39.8 Å². The molecule has 0 radical (unpaired) electrons. The third kappa shape index (κ3) is 22.3. The van der Waals surface area contributed by atoms with Gasteiger partial charge in [0, 0.05) is 72.8 Å². The van der Waals surface area contributed by atoms with E-state index in [0.29, 0.717) is 22.2 Å². The van der Waals surface area contributed by atoms with Gasteiger partial charge in [0.2, 0.25) is 82.7 Å². The number of benzene rings is 1. The average molecular weight is 1380 g/mol. The van der Waals surface area contributed by atoms with Gasteiger partial charge < -0.3 is 106 Å². The number of aliphatic imine (C=N–C) groups is 1. The fourth-order valence-corrected chi connectivity index (χ4v) is 12.5. The number of para-hydroxylation sites is 1. The number of primary amides is 1. The van der Waals surface area contributed by atoms with Gasteiger partial charge in [-0.3, -0.25) is 76.9 Å². The summed E-state index contributed by atoms with van der Waals surface area (Å²) in [6.07, 6.45) is 1.39. The van der Waals surface area contributed by atoms with E-state index in [9.17, 15) is 82.1 Å². The highest BCUT2D eigenvalue weighted by Gasteiger charge is 2.41. The molecule has 522 valence electrons. The van der Waals surface area contributed by atoms with Crippen molar-refractivity contribution in [2.45, 2.75) is 151 Å². The van der Waals surface area contributed by atoms with Crippen molar-refractivity contribution in [2.75, 3.05) is 37.7 Å². The summed E-state index contributed by atoms with van der Waals surface area (Å²) in [6.45, 7) is 1.72. The molecule has 0 spiro atoms. The number of hydrogen-bond donors (Lipinski definition) is 19. The van der Waals surface area contributed by atoms with Crippen molar-refractivity contribution in [3.63, 3.8) is 0 Å². The molecule has 39 heteroatoms. The summed E-state index contributed by atoms with van der Waals surface area (Å²) in [4.78, 5) is 224. The zero-order valence-electron chi connectivity index (χ0n) is 52.5. The molecule has 3 aromatic rings. The van der Waals surface area contributed by atoms with Crippen LogP contribution in [-0.2, 0) is 84.8 Å². The number of aliphatic hydroxyl groups excluding tert-OH is 1. The van der Waals surface area contributed by atoms with Gasteiger partial charge in [0.1, 0.15) is 72.5 Å². The fourth-order valence-electron chi connectivity index (χ4n) is 10.2. The summed E-state index contributed by atoms with van der Waals surface area (Å²) in [7, 11) is 1.55. The van der Waals surface area contributed by atoms with Crippen molar-refractivity contribution in [2.24, 2.45) is 22.2 Å². The van der Waals surface area contributed by atoms with Gasteiger partial charge in [0.05, 0.1) is 25.9 Å². The predicted octanol–water partition coefficient (Wildman–Crippen LogP) is -7.63. The third-order valence-corrected chi connectivity index (χ3v) is 17.8. The summed E-state index contributed by atoms with van der Waals surface area (Å²) >= 11 is 0. The number of nitrogens with zero attached hydrogens (tertiary/aromatic N) is 3. The molecule has 12 atom stereocenters. The number of carbonyl (C=O) groups is 15. The number of imidazole rings is 1. The monoisotopic (exact) mass is 1380 g/mol. The molecule has 96 heavy (non-hydrogen) atoms. The summed E-state index contributed by atoms with van der Waals surface area (Å²) in [5.41, 5.74) is 18.0. The Kier molecular flexibility index (Phi) is 28.1. The first-order chi connectivity index (χ1) is 45.6. The van der Waals surface area contributed by atoms with Crippen LogP contribution in [0.25, 0.3) is 10.9 Å². The molecule has 0 aliphatic carbocycles. The number of hydrogen-bond acceptors (Lipinski definition) is 20. The molecule has 3 saturated heterocycles. The standard InChI is InChI=1S/C57H80N20O17S2/c1-26-45(83)67-28(3)47(85)76-40-24-96-95-23-39(69-43(80)21-64-48(86)33(10-6-14-62-57(59)60)70-50(88)35(72-52(90)38(22-78)75-54(40)92)16-29-19-63-32-9-5-4-8-31(29)32)53(91)71-34(12-13-44(81)82)49(87)73-36(18-42(58)79)51(89)74-37(17-30-20-61-25-65-30)56(94)77-15-7-11-41(77)55(93)68-27(2)46(84)66-26/h4-5,8-9,19-20,25-28,33-41,63,78H,6-7,10-18,21-24H2,1-3H3,(H2,58,79)(H,61,65)(H,64,86)(H,66,84)(H,67,83)(H,68,93)(H,69,80)(H,70,88)(H,71,91)(H,72,90)(H,73,87)(H,74,89)(H,75,92)(H,76,85)(H,81,82)(H4,59,60,62)/t26-,27-,28-,33-,34-,35-,36-,37-,38-,39-,40-,41-/m0/s1. The second-order valence-electron chi connectivity index (χ2n) is 22.8. The van der Waals surface area contributed by atoms with Crippen molar-refractivity contribution >= 4 is 127 Å². The minimum atomic E-state index is -1.94. The Morgan fingerprint density at radius 1 is 0.615 bits per heavy atom. The molecule has 2 bridgehead atoms. The Labute approximate surface area is 556 Å². The zero-order valence-corrected chi connectivity index (χ0v) is 54.1. The molecule has 22 N–H and O–H groups in total. The molecule has 2 aromatic heterocycles. The van der Waals surface area contributed by atoms with Gasteiger partial charge in [0.15, 0.2) is 5.96 Å². The number of amides is 14. The summed E-state index contributed by atoms with van der Waals surface area (Å²) in [5, 5.41) is 50.5. The van der Waals surface area contributed by atoms with Crippen LogP contribution in [0.4, 0.5) is 0 Å². The lowest BCUT2D eigenvalue weighted by Gasteiger charge is -2.30. The Bertz CT molecular complexity index is 3400. The number of aromatic nitrogens is 3. The maximum atomic E-state index is 14.6. The molecular formula is C57H80N20O17S2. The molecule has 0 unspecified atom stereocenters. The van der Waals surface area contributed by atoms with E-state index in [-0.39, 0.29) is 57.6 Å². The van der Waals surface area contributed by atoms with Crippen molar-refractivity contribution in [1.29, 1.82) is 0 Å². The van der Waals surface area contributed by atoms with E-state index >= 15 is 0 Å². The van der Waals surface area contributed by atoms with Crippen LogP contribution in [0.15, 0.2) is 48.0 Å². The van der Waals surface area contributed by atoms with Gasteiger partial charge in [-0.05, 0) is 64.5 Å². The molecule has 3 fully saturated rings. The van der Waals surface area contributed by atoms with Crippen molar-refractivity contribution in [1.82, 2.24) is 83.7 Å². The van der Waals surface area contributed by atoms with Crippen molar-refractivity contribution in [3.05, 3.63) is 54.2 Å². The van der Waals surface area contributed by atoms with Crippen LogP contribution >= 0.6 is 21.6 Å². The molecule has 14 amide bonds. The van der Waals surface area contributed by atoms with Gasteiger partial charge >= 0.3 is 5.97 Å². The first-order valence-corrected chi connectivity index (χ1v) is 33.0. The molecular weight excluding hydrogens is 1300 g/mol. The number of fused-ring (bicyclic) bond motifs is 7. The Morgan fingerprint density at radius 2 is 1.17 bits per heavy atom. The molecule has 3 aliphatic rings. The number of nitrogens with two attached hydrogens (primary N) is 3. The lowest BCUT2D eigenvalue weighted by molar-refractivity contribution is -0.142. The van der Waals surface area contributed by atoms with Crippen LogP contribution in [0.3, 0.4) is 0 Å². The third-order valence-electron chi connectivity index (χ3n) is 15.4. The van der Waals surface area contributed by atoms with E-state index in [4.69, 9.17) is 17.2 Å². The number of aliphatic hydroxyl groups is 1. The normalized spacial score (nSPS) is 26.6. The Balaban J connectivity index is 1.40. The first kappa shape index (κ1) is 75.0. The number of carboxylic acids is 1. The van der Waals surface area contributed by atoms with Crippen molar-refractivity contribution < 1.29 is 82.1 Å². The van der Waals surface area contributed by atoms with Crippen LogP contribution in [-0.4, -0.2) is 235 Å². The molecule has 37 nitrogen and oxygen atoms in total. The number of rotatable bonds is 14. The lowest BCUT2D eigenvalue weighted by Crippen LogP contribution is -2.61. The van der Waals surface area contributed by atoms with Crippen molar-refractivity contribution in [3.8, 4) is 0 Å². The smallest absolute Gasteiger partial charge is 0.303 e. The number of aliphatic carboxylic acids is 1. The van der Waals surface area contributed by atoms with E-state index in [1.54, 1.807) is 30.5 Å². The minimum Gasteiger partial charge on any atom is -0.481 e. The first-order valence-electron chi connectivity index (χ1n) is 30.5. The largest absolute Gasteiger partial charge is 0.481 e. The zero-order chi connectivity index (χ0) is 70.3. The molecule has 3 aliphatic heterocycles.